The fourth-order valence-electron chi connectivity index (χ4n) is 2.21. The van der Waals surface area contributed by atoms with Crippen LogP contribution in [-0.4, -0.2) is 42.5 Å². The van der Waals surface area contributed by atoms with Crippen LogP contribution in [0.4, 0.5) is 13.2 Å². The van der Waals surface area contributed by atoms with E-state index >= 15 is 0 Å². The summed E-state index contributed by atoms with van der Waals surface area (Å²) >= 11 is 0. The molecule has 20 heavy (non-hydrogen) atoms. The molecule has 0 aliphatic carbocycles. The maximum absolute atomic E-state index is 12.0. The number of nitrogens with zero attached hydrogens (tertiary/aromatic N) is 1. The maximum Gasteiger partial charge on any atom is 0.471 e. The quantitative estimate of drug-likeness (QED) is 0.844. The van der Waals surface area contributed by atoms with Gasteiger partial charge in [-0.3, -0.25) is 9.59 Å². The first-order valence-electron chi connectivity index (χ1n) is 6.97. The molecule has 116 valence electrons. The van der Waals surface area contributed by atoms with Crippen molar-refractivity contribution in [2.75, 3.05) is 19.6 Å². The Kier molecular flexibility index (Phi) is 6.29. The van der Waals surface area contributed by atoms with Crippen molar-refractivity contribution in [2.24, 2.45) is 5.92 Å². The summed E-state index contributed by atoms with van der Waals surface area (Å²) in [6, 6.07) is 0. The van der Waals surface area contributed by atoms with E-state index in [1.807, 2.05) is 12.2 Å². The van der Waals surface area contributed by atoms with Gasteiger partial charge in [0.2, 0.25) is 5.91 Å². The molecule has 1 rings (SSSR count). The standard InChI is InChI=1S/C13H21F3N2O2/c1-2-3-4-11(19)18-7-5-10(6-8-18)9-17-12(20)13(14,15)16/h10H,2-9H2,1H3,(H,17,20). The minimum Gasteiger partial charge on any atom is -0.348 e. The fourth-order valence-corrected chi connectivity index (χ4v) is 2.21. The third-order valence-electron chi connectivity index (χ3n) is 3.52. The smallest absolute Gasteiger partial charge is 0.348 e. The van der Waals surface area contributed by atoms with Crippen molar-refractivity contribution >= 4 is 11.8 Å². The minimum absolute atomic E-state index is 0.0107. The molecule has 4 nitrogen and oxygen atoms in total. The summed E-state index contributed by atoms with van der Waals surface area (Å²) in [6.45, 7) is 3.17. The Morgan fingerprint density at radius 2 is 1.85 bits per heavy atom. The molecule has 1 fully saturated rings. The molecule has 0 saturated carbocycles. The summed E-state index contributed by atoms with van der Waals surface area (Å²) < 4.78 is 36.1. The van der Waals surface area contributed by atoms with E-state index in [4.69, 9.17) is 0 Å². The van der Waals surface area contributed by atoms with Crippen LogP contribution in [0.3, 0.4) is 0 Å². The largest absolute Gasteiger partial charge is 0.471 e. The zero-order valence-corrected chi connectivity index (χ0v) is 11.6. The summed E-state index contributed by atoms with van der Waals surface area (Å²) in [5.41, 5.74) is 0. The van der Waals surface area contributed by atoms with Gasteiger partial charge in [0.05, 0.1) is 0 Å². The highest BCUT2D eigenvalue weighted by atomic mass is 19.4. The average Bonchev–Trinajstić information content (AvgIpc) is 2.41. The van der Waals surface area contributed by atoms with Gasteiger partial charge in [-0.05, 0) is 25.2 Å². The second kappa shape index (κ2) is 7.50. The molecule has 1 saturated heterocycles. The van der Waals surface area contributed by atoms with E-state index in [1.165, 1.54) is 0 Å². The van der Waals surface area contributed by atoms with Crippen LogP contribution in [0.15, 0.2) is 0 Å². The molecule has 0 radical (unpaired) electrons. The topological polar surface area (TPSA) is 49.4 Å². The first kappa shape index (κ1) is 16.8. The first-order valence-corrected chi connectivity index (χ1v) is 6.97. The number of rotatable bonds is 5. The molecule has 0 aromatic rings. The van der Waals surface area contributed by atoms with Crippen LogP contribution in [0.1, 0.15) is 39.0 Å². The number of unbranched alkanes of at least 4 members (excludes halogenated alkanes) is 1. The van der Waals surface area contributed by atoms with E-state index < -0.39 is 12.1 Å². The van der Waals surface area contributed by atoms with E-state index in [0.717, 1.165) is 12.8 Å². The molecule has 0 bridgehead atoms. The lowest BCUT2D eigenvalue weighted by molar-refractivity contribution is -0.173. The highest BCUT2D eigenvalue weighted by molar-refractivity contribution is 5.81. The van der Waals surface area contributed by atoms with Crippen LogP contribution in [0.2, 0.25) is 0 Å². The van der Waals surface area contributed by atoms with Crippen molar-refractivity contribution in [2.45, 2.75) is 45.2 Å². The monoisotopic (exact) mass is 294 g/mol. The summed E-state index contributed by atoms with van der Waals surface area (Å²) in [5.74, 6) is -1.76. The van der Waals surface area contributed by atoms with Gasteiger partial charge in [0.1, 0.15) is 0 Å². The zero-order chi connectivity index (χ0) is 15.2. The molecule has 0 spiro atoms. The number of halogens is 3. The molecule has 0 aromatic carbocycles. The molecule has 0 atom stereocenters. The van der Waals surface area contributed by atoms with E-state index in [0.29, 0.717) is 32.4 Å². The van der Waals surface area contributed by atoms with Gasteiger partial charge in [-0.2, -0.15) is 13.2 Å². The van der Waals surface area contributed by atoms with Gasteiger partial charge in [-0.15, -0.1) is 0 Å². The zero-order valence-electron chi connectivity index (χ0n) is 11.6. The lowest BCUT2D eigenvalue weighted by Crippen LogP contribution is -2.44. The number of nitrogens with one attached hydrogen (secondary N) is 1. The van der Waals surface area contributed by atoms with E-state index in [2.05, 4.69) is 0 Å². The number of carbonyl (C=O) groups is 2. The molecule has 0 unspecified atom stereocenters. The van der Waals surface area contributed by atoms with Gasteiger partial charge in [0.15, 0.2) is 0 Å². The molecule has 1 heterocycles. The minimum atomic E-state index is -4.82. The Hall–Kier alpha value is -1.27. The number of carbonyl (C=O) groups excluding carboxylic acids is 2. The second-order valence-electron chi connectivity index (χ2n) is 5.14. The molecule has 7 heteroatoms. The van der Waals surface area contributed by atoms with Crippen LogP contribution in [0.25, 0.3) is 0 Å². The van der Waals surface area contributed by atoms with Gasteiger partial charge in [-0.1, -0.05) is 13.3 Å². The van der Waals surface area contributed by atoms with E-state index in [1.54, 1.807) is 4.90 Å². The lowest BCUT2D eigenvalue weighted by atomic mass is 9.96. The second-order valence-corrected chi connectivity index (χ2v) is 5.14. The molecule has 2 amide bonds. The van der Waals surface area contributed by atoms with Gasteiger partial charge >= 0.3 is 12.1 Å². The lowest BCUT2D eigenvalue weighted by Gasteiger charge is -2.32. The number of likely N-dealkylation sites (tertiary alicyclic amines) is 1. The Bertz CT molecular complexity index is 337. The molecular weight excluding hydrogens is 273 g/mol. The van der Waals surface area contributed by atoms with Crippen LogP contribution < -0.4 is 5.32 Å². The number of hydrogen-bond donors (Lipinski definition) is 1. The van der Waals surface area contributed by atoms with Gasteiger partial charge < -0.3 is 10.2 Å². The van der Waals surface area contributed by atoms with Crippen molar-refractivity contribution in [1.29, 1.82) is 0 Å². The Morgan fingerprint density at radius 3 is 2.35 bits per heavy atom. The Morgan fingerprint density at radius 1 is 1.25 bits per heavy atom. The van der Waals surface area contributed by atoms with Crippen molar-refractivity contribution < 1.29 is 22.8 Å². The molecule has 0 aromatic heterocycles. The van der Waals surface area contributed by atoms with E-state index in [-0.39, 0.29) is 18.4 Å². The summed E-state index contributed by atoms with van der Waals surface area (Å²) in [5, 5.41) is 1.90. The summed E-state index contributed by atoms with van der Waals surface area (Å²) in [6.07, 6.45) is -1.19. The van der Waals surface area contributed by atoms with Crippen molar-refractivity contribution in [1.82, 2.24) is 10.2 Å². The number of alkyl halides is 3. The average molecular weight is 294 g/mol. The first-order chi connectivity index (χ1) is 9.34. The number of amides is 2. The highest BCUT2D eigenvalue weighted by Crippen LogP contribution is 2.19. The normalized spacial score (nSPS) is 17.1. The molecule has 1 N–H and O–H groups in total. The van der Waals surface area contributed by atoms with Gasteiger partial charge in [0.25, 0.3) is 0 Å². The number of hydrogen-bond acceptors (Lipinski definition) is 2. The Labute approximate surface area is 116 Å². The molecule has 1 aliphatic heterocycles. The molecule has 1 aliphatic rings. The van der Waals surface area contributed by atoms with Gasteiger partial charge in [-0.25, -0.2) is 0 Å². The third kappa shape index (κ3) is 5.38. The summed E-state index contributed by atoms with van der Waals surface area (Å²) in [7, 11) is 0. The predicted octanol–water partition coefficient (Wildman–Crippen LogP) is 2.09. The fraction of sp³-hybridized carbons (Fsp3) is 0.846. The molecular formula is C13H21F3N2O2. The predicted molar refractivity (Wildman–Crippen MR) is 67.9 cm³/mol. The Balaban J connectivity index is 2.25. The van der Waals surface area contributed by atoms with E-state index in [9.17, 15) is 22.8 Å². The van der Waals surface area contributed by atoms with Crippen molar-refractivity contribution in [3.63, 3.8) is 0 Å². The van der Waals surface area contributed by atoms with Crippen LogP contribution in [-0.2, 0) is 9.59 Å². The van der Waals surface area contributed by atoms with Crippen molar-refractivity contribution in [3.05, 3.63) is 0 Å². The third-order valence-corrected chi connectivity index (χ3v) is 3.52. The maximum atomic E-state index is 12.0. The van der Waals surface area contributed by atoms with Crippen LogP contribution in [0.5, 0.6) is 0 Å². The van der Waals surface area contributed by atoms with Crippen molar-refractivity contribution in [3.8, 4) is 0 Å². The summed E-state index contributed by atoms with van der Waals surface area (Å²) in [4.78, 5) is 24.2. The number of piperidine rings is 1. The highest BCUT2D eigenvalue weighted by Gasteiger charge is 2.38. The van der Waals surface area contributed by atoms with Gasteiger partial charge in [0, 0.05) is 26.1 Å². The van der Waals surface area contributed by atoms with Crippen LogP contribution in [0, 0.1) is 5.92 Å². The van der Waals surface area contributed by atoms with Crippen LogP contribution >= 0.6 is 0 Å². The SMILES string of the molecule is CCCCC(=O)N1CCC(CNC(=O)C(F)(F)F)CC1.